The second kappa shape index (κ2) is 7.57. The molecule has 2 unspecified atom stereocenters. The number of allylic oxidation sites excluding steroid dienone is 5. The molecule has 142 valence electrons. The quantitative estimate of drug-likeness (QED) is 0.362. The Balaban J connectivity index is 1.74. The van der Waals surface area contributed by atoms with Crippen molar-refractivity contribution in [2.24, 2.45) is 5.41 Å². The molecule has 28 heavy (non-hydrogen) atoms. The molecule has 0 saturated carbocycles. The van der Waals surface area contributed by atoms with E-state index in [0.717, 1.165) is 8.58 Å². The summed E-state index contributed by atoms with van der Waals surface area (Å²) < 4.78 is 2.39. The molecule has 0 bridgehead atoms. The fourth-order valence-electron chi connectivity index (χ4n) is 4.61. The van der Waals surface area contributed by atoms with Gasteiger partial charge in [-0.2, -0.15) is 0 Å². The molecule has 2 heteroatoms. The molecule has 0 aromatic heterocycles. The molecule has 2 aromatic rings. The SMILES string of the molecule is CC1=C(C)C(C)(C)[C]([Ti][CH]2C(C)=C(Pc3ccccc3)c3ccccc32)=C1C. The zero-order chi connectivity index (χ0) is 20.1. The van der Waals surface area contributed by atoms with Crippen LogP contribution >= 0.6 is 8.58 Å². The molecule has 0 nitrogen and oxygen atoms in total. The number of rotatable bonds is 4. The molecule has 0 saturated heterocycles. The first-order valence-corrected chi connectivity index (χ1v) is 12.8. The van der Waals surface area contributed by atoms with Crippen molar-refractivity contribution < 1.29 is 19.2 Å². The molecule has 0 aliphatic heterocycles. The van der Waals surface area contributed by atoms with Crippen LogP contribution in [0.2, 0.25) is 0 Å². The van der Waals surface area contributed by atoms with Gasteiger partial charge in [0, 0.05) is 0 Å². The molecule has 0 fully saturated rings. The normalized spacial score (nSPS) is 21.3. The third-order valence-corrected chi connectivity index (χ3v) is 11.9. The molecule has 0 amide bonds. The van der Waals surface area contributed by atoms with Crippen molar-refractivity contribution in [3.63, 3.8) is 0 Å². The molecule has 0 heterocycles. The van der Waals surface area contributed by atoms with E-state index in [1.165, 1.54) is 16.4 Å². The molecule has 4 rings (SSSR count). The predicted molar refractivity (Wildman–Crippen MR) is 121 cm³/mol. The van der Waals surface area contributed by atoms with Crippen molar-refractivity contribution in [2.75, 3.05) is 0 Å². The maximum atomic E-state index is 2.44. The van der Waals surface area contributed by atoms with Gasteiger partial charge < -0.3 is 0 Å². The summed E-state index contributed by atoms with van der Waals surface area (Å²) in [6.45, 7) is 14.3. The van der Waals surface area contributed by atoms with Crippen molar-refractivity contribution in [3.8, 4) is 0 Å². The van der Waals surface area contributed by atoms with Gasteiger partial charge in [0.1, 0.15) is 0 Å². The van der Waals surface area contributed by atoms with Crippen molar-refractivity contribution in [1.82, 2.24) is 0 Å². The minimum absolute atomic E-state index is 0.230. The standard InChI is InChI=1S/C16H14P.C10H15.Ti/c1-12-11-13-7-5-6-10-15(13)16(12)17-14-8-3-2-4-9-14;1-7-6-10(4,5)9(3)8(7)2;/h2-11,17H,1H3;1-5H3;. The van der Waals surface area contributed by atoms with Crippen LogP contribution in [0.25, 0.3) is 5.31 Å². The van der Waals surface area contributed by atoms with E-state index in [1.54, 1.807) is 31.5 Å². The van der Waals surface area contributed by atoms with Gasteiger partial charge in [0.15, 0.2) is 0 Å². The van der Waals surface area contributed by atoms with E-state index in [-0.39, 0.29) is 24.6 Å². The Labute approximate surface area is 180 Å². The third kappa shape index (κ3) is 3.25. The predicted octanol–water partition coefficient (Wildman–Crippen LogP) is 7.21. The summed E-state index contributed by atoms with van der Waals surface area (Å²) in [7, 11) is 0.748. The van der Waals surface area contributed by atoms with Gasteiger partial charge in [-0.05, 0) is 0 Å². The van der Waals surface area contributed by atoms with Gasteiger partial charge in [-0.1, -0.05) is 0 Å². The van der Waals surface area contributed by atoms with E-state index in [2.05, 4.69) is 96.1 Å². The van der Waals surface area contributed by atoms with Crippen LogP contribution < -0.4 is 5.30 Å². The average molecular weight is 420 g/mol. The summed E-state index contributed by atoms with van der Waals surface area (Å²) in [5.74, 6) is 0. The Morgan fingerprint density at radius 1 is 0.821 bits per heavy atom. The topological polar surface area (TPSA) is 0 Å². The fraction of sp³-hybridized carbons (Fsp3) is 0.308. The van der Waals surface area contributed by atoms with Crippen LogP contribution in [0.5, 0.6) is 0 Å². The Morgan fingerprint density at radius 3 is 2.11 bits per heavy atom. The zero-order valence-corrected chi connectivity index (χ0v) is 20.3. The third-order valence-electron chi connectivity index (χ3n) is 6.76. The first-order chi connectivity index (χ1) is 13.3. The zero-order valence-electron chi connectivity index (χ0n) is 17.8. The van der Waals surface area contributed by atoms with Crippen molar-refractivity contribution >= 4 is 19.2 Å². The summed E-state index contributed by atoms with van der Waals surface area (Å²) in [4.78, 5) is 0. The molecule has 0 N–H and O–H groups in total. The van der Waals surface area contributed by atoms with Gasteiger partial charge in [0.2, 0.25) is 0 Å². The molecule has 2 aromatic carbocycles. The van der Waals surface area contributed by atoms with Crippen molar-refractivity contribution in [1.29, 1.82) is 0 Å². The average Bonchev–Trinajstić information content (AvgIpc) is 3.03. The van der Waals surface area contributed by atoms with Gasteiger partial charge in [-0.3, -0.25) is 0 Å². The Kier molecular flexibility index (Phi) is 5.43. The maximum absolute atomic E-state index is 2.44. The fourth-order valence-corrected chi connectivity index (χ4v) is 9.33. The molecule has 2 aliphatic carbocycles. The first-order valence-electron chi connectivity index (χ1n) is 10.1. The van der Waals surface area contributed by atoms with Crippen LogP contribution in [-0.4, -0.2) is 0 Å². The molecule has 2 atom stereocenters. The Morgan fingerprint density at radius 2 is 1.46 bits per heavy atom. The molecular weight excluding hydrogens is 391 g/mol. The van der Waals surface area contributed by atoms with Crippen molar-refractivity contribution in [3.05, 3.63) is 91.9 Å². The van der Waals surface area contributed by atoms with Crippen LogP contribution in [-0.2, 0) is 19.2 Å². The molecule has 2 aliphatic rings. The summed E-state index contributed by atoms with van der Waals surface area (Å²) in [5, 5.41) is 3.03. The summed E-state index contributed by atoms with van der Waals surface area (Å²) in [5.41, 5.74) is 9.62. The van der Waals surface area contributed by atoms with Crippen LogP contribution in [0.15, 0.2) is 80.8 Å². The summed E-state index contributed by atoms with van der Waals surface area (Å²) >= 11 is -0.285. The van der Waals surface area contributed by atoms with Gasteiger partial charge in [0.05, 0.1) is 0 Å². The van der Waals surface area contributed by atoms with Crippen LogP contribution in [0.1, 0.15) is 56.9 Å². The number of hydrogen-bond donors (Lipinski definition) is 0. The molecule has 0 radical (unpaired) electrons. The second-order valence-corrected chi connectivity index (χ2v) is 12.0. The van der Waals surface area contributed by atoms with Crippen molar-refractivity contribution in [2.45, 2.75) is 45.8 Å². The van der Waals surface area contributed by atoms with Crippen LogP contribution in [0, 0.1) is 5.41 Å². The van der Waals surface area contributed by atoms with E-state index >= 15 is 0 Å². The minimum atomic E-state index is -0.285. The van der Waals surface area contributed by atoms with E-state index in [1.807, 2.05) is 0 Å². The van der Waals surface area contributed by atoms with Gasteiger partial charge in [0.25, 0.3) is 0 Å². The monoisotopic (exact) mass is 420 g/mol. The van der Waals surface area contributed by atoms with E-state index in [0.29, 0.717) is 4.22 Å². The second-order valence-electron chi connectivity index (χ2n) is 8.59. The van der Waals surface area contributed by atoms with Crippen LogP contribution in [0.3, 0.4) is 0 Å². The van der Waals surface area contributed by atoms with E-state index < -0.39 is 0 Å². The summed E-state index contributed by atoms with van der Waals surface area (Å²) in [6, 6.07) is 20.2. The Bertz CT molecular complexity index is 1020. The van der Waals surface area contributed by atoms with Crippen LogP contribution in [0.4, 0.5) is 0 Å². The Hall–Kier alpha value is -1.20. The van der Waals surface area contributed by atoms with Gasteiger partial charge in [-0.15, -0.1) is 0 Å². The number of benzene rings is 2. The first kappa shape index (κ1) is 20.1. The van der Waals surface area contributed by atoms with Gasteiger partial charge >= 0.3 is 181 Å². The number of hydrogen-bond acceptors (Lipinski definition) is 0. The number of fused-ring (bicyclic) bond motifs is 1. The molecule has 0 spiro atoms. The summed E-state index contributed by atoms with van der Waals surface area (Å²) in [6.07, 6.45) is 0. The van der Waals surface area contributed by atoms with E-state index in [9.17, 15) is 0 Å². The van der Waals surface area contributed by atoms with E-state index in [4.69, 9.17) is 0 Å². The van der Waals surface area contributed by atoms with Gasteiger partial charge in [-0.25, -0.2) is 0 Å². The molecular formula is C26H29PTi.